The molecule has 6 heteroatoms. The van der Waals surface area contributed by atoms with Crippen molar-refractivity contribution >= 4 is 33.5 Å². The van der Waals surface area contributed by atoms with E-state index in [1.807, 2.05) is 49.4 Å². The van der Waals surface area contributed by atoms with Gasteiger partial charge >= 0.3 is 0 Å². The summed E-state index contributed by atoms with van der Waals surface area (Å²) in [5.74, 6) is -0.193. The summed E-state index contributed by atoms with van der Waals surface area (Å²) in [5, 5.41) is 8.91. The molecule has 0 bridgehead atoms. The average Bonchev–Trinajstić information content (AvgIpc) is 3.23. The Bertz CT molecular complexity index is 865. The molecule has 0 fully saturated rings. The molecule has 0 spiro atoms. The van der Waals surface area contributed by atoms with Gasteiger partial charge in [0, 0.05) is 29.8 Å². The number of carbonyl (C=O) groups excluding carboxylic acids is 2. The molecule has 0 aliphatic carbocycles. The molecule has 1 atom stereocenters. The lowest BCUT2D eigenvalue weighted by Crippen LogP contribution is -2.34. The van der Waals surface area contributed by atoms with Crippen LogP contribution in [0.15, 0.2) is 64.2 Å². The third-order valence-corrected chi connectivity index (χ3v) is 5.48. The van der Waals surface area contributed by atoms with Gasteiger partial charge in [0.15, 0.2) is 0 Å². The van der Waals surface area contributed by atoms with E-state index < -0.39 is 0 Å². The highest BCUT2D eigenvalue weighted by atomic mass is 79.9. The molecule has 5 nitrogen and oxygen atoms in total. The van der Waals surface area contributed by atoms with Gasteiger partial charge in [-0.3, -0.25) is 9.59 Å². The van der Waals surface area contributed by atoms with Crippen LogP contribution in [-0.2, 0) is 16.0 Å². The van der Waals surface area contributed by atoms with Crippen molar-refractivity contribution in [3.8, 4) is 0 Å². The minimum Gasteiger partial charge on any atom is -0.354 e. The first kappa shape index (κ1) is 21.2. The van der Waals surface area contributed by atoms with Gasteiger partial charge in [0.1, 0.15) is 0 Å². The first-order valence-corrected chi connectivity index (χ1v) is 10.8. The summed E-state index contributed by atoms with van der Waals surface area (Å²) in [6, 6.07) is 18.1. The van der Waals surface area contributed by atoms with E-state index in [2.05, 4.69) is 38.5 Å². The molecule has 2 aromatic carbocycles. The second-order valence-corrected chi connectivity index (χ2v) is 8.23. The number of carbonyl (C=O) groups is 2. The second kappa shape index (κ2) is 10.3. The number of aryl methyl sites for hydroxylation is 1. The van der Waals surface area contributed by atoms with Gasteiger partial charge in [0.25, 0.3) is 0 Å². The Hall–Kier alpha value is -2.47. The number of nitrogens with zero attached hydrogens (tertiary/aromatic N) is 2. The maximum Gasteiger partial charge on any atom is 0.243 e. The van der Waals surface area contributed by atoms with Crippen molar-refractivity contribution in [1.82, 2.24) is 10.3 Å². The lowest BCUT2D eigenvalue weighted by Gasteiger charge is -2.15. The van der Waals surface area contributed by atoms with Crippen molar-refractivity contribution in [2.75, 3.05) is 6.54 Å². The molecule has 0 saturated carbocycles. The minimum absolute atomic E-state index is 0.0655. The fourth-order valence-corrected chi connectivity index (χ4v) is 3.54. The third-order valence-electron chi connectivity index (χ3n) is 4.95. The quantitative estimate of drug-likeness (QED) is 0.644. The van der Waals surface area contributed by atoms with Crippen LogP contribution in [0.3, 0.4) is 0 Å². The van der Waals surface area contributed by atoms with Crippen molar-refractivity contribution in [2.45, 2.75) is 45.1 Å². The predicted octanol–water partition coefficient (Wildman–Crippen LogP) is 4.30. The zero-order valence-corrected chi connectivity index (χ0v) is 18.2. The van der Waals surface area contributed by atoms with Crippen LogP contribution in [0.4, 0.5) is 0 Å². The Balaban J connectivity index is 1.39. The maximum absolute atomic E-state index is 12.4. The monoisotopic (exact) mass is 455 g/mol. The number of benzene rings is 2. The van der Waals surface area contributed by atoms with Crippen molar-refractivity contribution < 1.29 is 9.59 Å². The molecule has 2 aromatic rings. The molecular weight excluding hydrogens is 430 g/mol. The highest BCUT2D eigenvalue weighted by molar-refractivity contribution is 9.10. The van der Waals surface area contributed by atoms with Crippen LogP contribution < -0.4 is 5.32 Å². The summed E-state index contributed by atoms with van der Waals surface area (Å²) < 4.78 is 1.06. The Morgan fingerprint density at radius 3 is 2.55 bits per heavy atom. The van der Waals surface area contributed by atoms with Gasteiger partial charge in [-0.25, -0.2) is 5.01 Å². The maximum atomic E-state index is 12.4. The van der Waals surface area contributed by atoms with Gasteiger partial charge in [0.05, 0.1) is 12.3 Å². The number of hydrogen-bond acceptors (Lipinski definition) is 3. The Labute approximate surface area is 180 Å². The summed E-state index contributed by atoms with van der Waals surface area (Å²) in [7, 11) is 0. The molecule has 2 amide bonds. The van der Waals surface area contributed by atoms with Gasteiger partial charge < -0.3 is 5.32 Å². The van der Waals surface area contributed by atoms with E-state index in [-0.39, 0.29) is 30.7 Å². The van der Waals surface area contributed by atoms with E-state index in [4.69, 9.17) is 0 Å². The van der Waals surface area contributed by atoms with Crippen molar-refractivity contribution in [3.63, 3.8) is 0 Å². The van der Waals surface area contributed by atoms with Crippen molar-refractivity contribution in [1.29, 1.82) is 0 Å². The molecule has 1 aliphatic rings. The number of nitrogens with one attached hydrogen (secondary N) is 1. The lowest BCUT2D eigenvalue weighted by molar-refractivity contribution is -0.133. The van der Waals surface area contributed by atoms with Gasteiger partial charge in [-0.2, -0.15) is 5.10 Å². The van der Waals surface area contributed by atoms with Gasteiger partial charge in [-0.1, -0.05) is 58.4 Å². The summed E-state index contributed by atoms with van der Waals surface area (Å²) in [4.78, 5) is 24.6. The van der Waals surface area contributed by atoms with Gasteiger partial charge in [-0.05, 0) is 43.0 Å². The fourth-order valence-electron chi connectivity index (χ4n) is 3.27. The smallest absolute Gasteiger partial charge is 0.243 e. The summed E-state index contributed by atoms with van der Waals surface area (Å²) >= 11 is 3.43. The number of halogens is 1. The van der Waals surface area contributed by atoms with Crippen LogP contribution >= 0.6 is 15.9 Å². The van der Waals surface area contributed by atoms with Crippen molar-refractivity contribution in [2.24, 2.45) is 5.10 Å². The molecule has 29 heavy (non-hydrogen) atoms. The molecule has 1 unspecified atom stereocenters. The first-order valence-electron chi connectivity index (χ1n) is 9.98. The van der Waals surface area contributed by atoms with Crippen LogP contribution in [0.2, 0.25) is 0 Å². The first-order chi connectivity index (χ1) is 14.0. The Kier molecular flexibility index (Phi) is 7.58. The van der Waals surface area contributed by atoms with Crippen LogP contribution in [0.1, 0.15) is 43.7 Å². The van der Waals surface area contributed by atoms with Crippen LogP contribution in [-0.4, -0.2) is 35.1 Å². The second-order valence-electron chi connectivity index (χ2n) is 7.31. The van der Waals surface area contributed by atoms with Crippen LogP contribution in [0.5, 0.6) is 0 Å². The number of rotatable bonds is 8. The van der Waals surface area contributed by atoms with Crippen molar-refractivity contribution in [3.05, 3.63) is 70.2 Å². The van der Waals surface area contributed by atoms with E-state index in [0.717, 1.165) is 35.0 Å². The highest BCUT2D eigenvalue weighted by Crippen LogP contribution is 2.15. The zero-order valence-electron chi connectivity index (χ0n) is 16.6. The van der Waals surface area contributed by atoms with Crippen LogP contribution in [0.25, 0.3) is 0 Å². The Morgan fingerprint density at radius 2 is 1.83 bits per heavy atom. The molecule has 1 N–H and O–H groups in total. The number of hydrazone groups is 1. The largest absolute Gasteiger partial charge is 0.354 e. The molecule has 0 aromatic heterocycles. The van der Waals surface area contributed by atoms with Gasteiger partial charge in [-0.15, -0.1) is 0 Å². The fraction of sp³-hybridized carbons (Fsp3) is 0.348. The topological polar surface area (TPSA) is 61.8 Å². The molecule has 1 heterocycles. The molecule has 3 rings (SSSR count). The van der Waals surface area contributed by atoms with E-state index in [1.165, 1.54) is 10.6 Å². The zero-order chi connectivity index (χ0) is 20.6. The third kappa shape index (κ3) is 6.53. The molecule has 0 saturated heterocycles. The minimum atomic E-state index is -0.103. The number of hydrogen-bond donors (Lipinski definition) is 1. The summed E-state index contributed by atoms with van der Waals surface area (Å²) in [6.07, 6.45) is 2.87. The molecule has 152 valence electrons. The molecule has 1 aliphatic heterocycles. The van der Waals surface area contributed by atoms with E-state index >= 15 is 0 Å². The lowest BCUT2D eigenvalue weighted by atomic mass is 10.1. The average molecular weight is 456 g/mol. The van der Waals surface area contributed by atoms with E-state index in [0.29, 0.717) is 6.54 Å². The SMILES string of the molecule is CC(CCc1ccc(Br)cc1)NC(=O)CCC(=O)N1CCC(c2ccccc2)=N1. The molecule has 0 radical (unpaired) electrons. The van der Waals surface area contributed by atoms with Crippen LogP contribution in [0, 0.1) is 0 Å². The molecular formula is C23H26BrN3O2. The summed E-state index contributed by atoms with van der Waals surface area (Å²) in [6.45, 7) is 2.57. The van der Waals surface area contributed by atoms with E-state index in [1.54, 1.807) is 0 Å². The normalized spacial score (nSPS) is 14.4. The highest BCUT2D eigenvalue weighted by Gasteiger charge is 2.22. The standard InChI is InChI=1S/C23H26BrN3O2/c1-17(7-8-18-9-11-20(24)12-10-18)25-22(28)13-14-23(29)27-16-15-21(26-27)19-5-3-2-4-6-19/h2-6,9-12,17H,7-8,13-16H2,1H3,(H,25,28). The van der Waals surface area contributed by atoms with E-state index in [9.17, 15) is 9.59 Å². The Morgan fingerprint density at radius 1 is 1.10 bits per heavy atom. The predicted molar refractivity (Wildman–Crippen MR) is 119 cm³/mol. The summed E-state index contributed by atoms with van der Waals surface area (Å²) in [5.41, 5.74) is 3.20. The van der Waals surface area contributed by atoms with Gasteiger partial charge in [0.2, 0.25) is 11.8 Å². The number of amides is 2.